The molecule has 1 heterocycles. The SMILES string of the molecule is [CH3][Ge]([CH3])([CH3])[c]1ccc(-c2ncnc3cc(-c4ccccc4)ccc23)cc1. The van der Waals surface area contributed by atoms with E-state index in [9.17, 15) is 0 Å². The Balaban J connectivity index is 1.79. The molecule has 0 N–H and O–H groups in total. The zero-order chi connectivity index (χ0) is 18.1. The molecule has 3 heteroatoms. The topological polar surface area (TPSA) is 25.8 Å². The van der Waals surface area contributed by atoms with Crippen LogP contribution in [0.2, 0.25) is 17.3 Å². The van der Waals surface area contributed by atoms with E-state index in [1.165, 1.54) is 15.5 Å². The Bertz CT molecular complexity index is 1050. The molecule has 4 aromatic rings. The van der Waals surface area contributed by atoms with Gasteiger partial charge in [0.1, 0.15) is 0 Å². The van der Waals surface area contributed by atoms with Gasteiger partial charge in [0.05, 0.1) is 0 Å². The van der Waals surface area contributed by atoms with Gasteiger partial charge in [0.2, 0.25) is 0 Å². The van der Waals surface area contributed by atoms with Gasteiger partial charge in [-0.3, -0.25) is 0 Å². The maximum absolute atomic E-state index is 4.58. The van der Waals surface area contributed by atoms with Crippen LogP contribution >= 0.6 is 0 Å². The van der Waals surface area contributed by atoms with Crippen LogP contribution in [-0.2, 0) is 0 Å². The van der Waals surface area contributed by atoms with Crippen LogP contribution in [0.15, 0.2) is 79.1 Å². The van der Waals surface area contributed by atoms with Crippen LogP contribution in [0.5, 0.6) is 0 Å². The van der Waals surface area contributed by atoms with E-state index in [0.29, 0.717) is 0 Å². The fraction of sp³-hybridized carbons (Fsp3) is 0.130. The second kappa shape index (κ2) is 6.69. The van der Waals surface area contributed by atoms with Crippen molar-refractivity contribution >= 4 is 28.6 Å². The van der Waals surface area contributed by atoms with Gasteiger partial charge < -0.3 is 0 Å². The summed E-state index contributed by atoms with van der Waals surface area (Å²) in [5.41, 5.74) is 5.52. The summed E-state index contributed by atoms with van der Waals surface area (Å²) < 4.78 is 1.51. The number of fused-ring (bicyclic) bond motifs is 1. The van der Waals surface area contributed by atoms with Crippen LogP contribution in [0.1, 0.15) is 0 Å². The summed E-state index contributed by atoms with van der Waals surface area (Å²) in [5, 5.41) is 1.09. The molecular weight excluding hydrogens is 377 g/mol. The number of benzene rings is 3. The van der Waals surface area contributed by atoms with E-state index in [4.69, 9.17) is 0 Å². The molecule has 4 rings (SSSR count). The zero-order valence-electron chi connectivity index (χ0n) is 15.4. The van der Waals surface area contributed by atoms with Gasteiger partial charge in [-0.05, 0) is 0 Å². The molecule has 0 aliphatic carbocycles. The summed E-state index contributed by atoms with van der Waals surface area (Å²) in [6.07, 6.45) is 1.67. The Morgan fingerprint density at radius 3 is 2.04 bits per heavy atom. The molecule has 0 bridgehead atoms. The Labute approximate surface area is 157 Å². The predicted octanol–water partition coefficient (Wildman–Crippen LogP) is 5.51. The standard InChI is InChI=1S/C23H22GeN2/c1-24(2,3)20-12-9-18(10-13-20)23-21-14-11-19(15-22(21)25-16-26-23)17-7-5-4-6-8-17/h4-16H,1-3H3. The van der Waals surface area contributed by atoms with Gasteiger partial charge in [-0.15, -0.1) is 0 Å². The summed E-state index contributed by atoms with van der Waals surface area (Å²) in [4.78, 5) is 9.08. The van der Waals surface area contributed by atoms with Gasteiger partial charge >= 0.3 is 151 Å². The summed E-state index contributed by atoms with van der Waals surface area (Å²) in [6, 6.07) is 25.8. The fourth-order valence-corrected chi connectivity index (χ4v) is 5.67. The van der Waals surface area contributed by atoms with Gasteiger partial charge in [0.15, 0.2) is 0 Å². The van der Waals surface area contributed by atoms with Gasteiger partial charge in [-0.1, -0.05) is 6.07 Å². The molecular formula is C23H22GeN2. The average molecular weight is 399 g/mol. The molecule has 26 heavy (non-hydrogen) atoms. The van der Waals surface area contributed by atoms with E-state index in [-0.39, 0.29) is 0 Å². The number of hydrogen-bond acceptors (Lipinski definition) is 2. The van der Waals surface area contributed by atoms with Crippen molar-refractivity contribution in [1.29, 1.82) is 0 Å². The molecule has 0 saturated heterocycles. The van der Waals surface area contributed by atoms with Crippen LogP contribution in [0.25, 0.3) is 33.3 Å². The van der Waals surface area contributed by atoms with Crippen molar-refractivity contribution in [2.45, 2.75) is 17.3 Å². The second-order valence-electron chi connectivity index (χ2n) is 7.65. The molecule has 2 nitrogen and oxygen atoms in total. The third-order valence-electron chi connectivity index (χ3n) is 4.77. The molecule has 3 aromatic carbocycles. The summed E-state index contributed by atoms with van der Waals surface area (Å²) in [6.45, 7) is 0. The van der Waals surface area contributed by atoms with Gasteiger partial charge in [0, 0.05) is 0 Å². The normalized spacial score (nSPS) is 11.7. The van der Waals surface area contributed by atoms with E-state index in [1.54, 1.807) is 6.33 Å². The molecule has 0 spiro atoms. The number of aromatic nitrogens is 2. The first-order chi connectivity index (χ1) is 12.5. The third-order valence-corrected chi connectivity index (χ3v) is 9.10. The van der Waals surface area contributed by atoms with Gasteiger partial charge in [-0.25, -0.2) is 0 Å². The Kier molecular flexibility index (Phi) is 4.37. The number of hydrogen-bond donors (Lipinski definition) is 0. The molecule has 0 amide bonds. The molecule has 0 aliphatic rings. The first-order valence-corrected chi connectivity index (χ1v) is 16.3. The van der Waals surface area contributed by atoms with Crippen molar-refractivity contribution in [1.82, 2.24) is 9.97 Å². The molecule has 0 atom stereocenters. The van der Waals surface area contributed by atoms with E-state index in [0.717, 1.165) is 22.2 Å². The van der Waals surface area contributed by atoms with Gasteiger partial charge in [-0.2, -0.15) is 0 Å². The predicted molar refractivity (Wildman–Crippen MR) is 113 cm³/mol. The Hall–Kier alpha value is -2.46. The summed E-state index contributed by atoms with van der Waals surface area (Å²) >= 11 is -1.79. The van der Waals surface area contributed by atoms with E-state index in [2.05, 4.69) is 94.0 Å². The van der Waals surface area contributed by atoms with E-state index in [1.807, 2.05) is 6.07 Å². The molecule has 0 unspecified atom stereocenters. The van der Waals surface area contributed by atoms with Crippen molar-refractivity contribution in [2.75, 3.05) is 0 Å². The quantitative estimate of drug-likeness (QED) is 0.425. The van der Waals surface area contributed by atoms with Crippen LogP contribution in [0.4, 0.5) is 0 Å². The maximum atomic E-state index is 4.58. The first kappa shape index (κ1) is 17.0. The Morgan fingerprint density at radius 1 is 0.654 bits per heavy atom. The minimum absolute atomic E-state index is 0.980. The monoisotopic (exact) mass is 400 g/mol. The van der Waals surface area contributed by atoms with Crippen molar-refractivity contribution in [3.63, 3.8) is 0 Å². The van der Waals surface area contributed by atoms with E-state index < -0.39 is 13.3 Å². The molecule has 0 aliphatic heterocycles. The average Bonchev–Trinajstić information content (AvgIpc) is 2.67. The second-order valence-corrected chi connectivity index (χ2v) is 18.3. The van der Waals surface area contributed by atoms with Crippen LogP contribution in [0, 0.1) is 0 Å². The van der Waals surface area contributed by atoms with Crippen LogP contribution in [-0.4, -0.2) is 23.2 Å². The minimum atomic E-state index is -1.79. The summed E-state index contributed by atoms with van der Waals surface area (Å²) in [7, 11) is 0. The fourth-order valence-electron chi connectivity index (χ4n) is 3.23. The van der Waals surface area contributed by atoms with Crippen molar-refractivity contribution < 1.29 is 0 Å². The van der Waals surface area contributed by atoms with E-state index >= 15 is 0 Å². The van der Waals surface area contributed by atoms with Crippen LogP contribution < -0.4 is 4.40 Å². The van der Waals surface area contributed by atoms with Gasteiger partial charge in [0.25, 0.3) is 0 Å². The molecule has 0 fully saturated rings. The molecule has 0 saturated carbocycles. The first-order valence-electron chi connectivity index (χ1n) is 8.93. The molecule has 0 radical (unpaired) electrons. The van der Waals surface area contributed by atoms with Crippen molar-refractivity contribution in [3.8, 4) is 22.4 Å². The van der Waals surface area contributed by atoms with Crippen molar-refractivity contribution in [3.05, 3.63) is 79.1 Å². The zero-order valence-corrected chi connectivity index (χ0v) is 17.5. The Morgan fingerprint density at radius 2 is 1.35 bits per heavy atom. The molecule has 128 valence electrons. The van der Waals surface area contributed by atoms with Crippen LogP contribution in [0.3, 0.4) is 0 Å². The third kappa shape index (κ3) is 3.29. The number of rotatable bonds is 3. The molecule has 1 aromatic heterocycles. The summed E-state index contributed by atoms with van der Waals surface area (Å²) in [5.74, 6) is 7.25. The number of nitrogens with zero attached hydrogens (tertiary/aromatic N) is 2. The van der Waals surface area contributed by atoms with Crippen molar-refractivity contribution in [2.24, 2.45) is 0 Å².